The first-order valence-electron chi connectivity index (χ1n) is 8.31. The summed E-state index contributed by atoms with van der Waals surface area (Å²) >= 11 is 0. The molecule has 1 heterocycles. The quantitative estimate of drug-likeness (QED) is 0.902. The van der Waals surface area contributed by atoms with Gasteiger partial charge < -0.3 is 14.6 Å². The zero-order chi connectivity index (χ0) is 15.0. The SMILES string of the molecule is CN(CC1CC2CCC1C2)c1nc(CNC(C)(C)C)co1. The second kappa shape index (κ2) is 5.64. The molecule has 2 saturated carbocycles. The fourth-order valence-corrected chi connectivity index (χ4v) is 3.94. The molecule has 1 aromatic heterocycles. The van der Waals surface area contributed by atoms with Crippen LogP contribution in [0.25, 0.3) is 0 Å². The molecule has 2 fully saturated rings. The van der Waals surface area contributed by atoms with E-state index in [1.165, 1.54) is 25.7 Å². The van der Waals surface area contributed by atoms with Gasteiger partial charge in [0.25, 0.3) is 6.01 Å². The first-order valence-corrected chi connectivity index (χ1v) is 8.31. The van der Waals surface area contributed by atoms with E-state index in [-0.39, 0.29) is 5.54 Å². The lowest BCUT2D eigenvalue weighted by molar-refractivity contribution is 0.332. The van der Waals surface area contributed by atoms with Crippen molar-refractivity contribution in [3.63, 3.8) is 0 Å². The Hall–Kier alpha value is -1.03. The van der Waals surface area contributed by atoms with E-state index in [0.717, 1.165) is 42.6 Å². The highest BCUT2D eigenvalue weighted by molar-refractivity contribution is 5.25. The molecular formula is C17H29N3O. The first kappa shape index (κ1) is 14.9. The van der Waals surface area contributed by atoms with Gasteiger partial charge in [0.1, 0.15) is 6.26 Å². The molecule has 0 aromatic carbocycles. The third-order valence-electron chi connectivity index (χ3n) is 5.06. The van der Waals surface area contributed by atoms with Crippen molar-refractivity contribution in [2.75, 3.05) is 18.5 Å². The number of fused-ring (bicyclic) bond motifs is 2. The van der Waals surface area contributed by atoms with Crippen molar-refractivity contribution < 1.29 is 4.42 Å². The van der Waals surface area contributed by atoms with E-state index in [1.54, 1.807) is 6.26 Å². The van der Waals surface area contributed by atoms with Gasteiger partial charge in [-0.3, -0.25) is 0 Å². The second-order valence-electron chi connectivity index (χ2n) is 8.04. The van der Waals surface area contributed by atoms with Crippen LogP contribution in [0.1, 0.15) is 52.1 Å². The number of nitrogens with zero attached hydrogens (tertiary/aromatic N) is 2. The summed E-state index contributed by atoms with van der Waals surface area (Å²) in [5.74, 6) is 2.80. The zero-order valence-corrected chi connectivity index (χ0v) is 13.9. The summed E-state index contributed by atoms with van der Waals surface area (Å²) in [5, 5.41) is 3.44. The Morgan fingerprint density at radius 1 is 1.33 bits per heavy atom. The van der Waals surface area contributed by atoms with Crippen LogP contribution in [0.15, 0.2) is 10.7 Å². The first-order chi connectivity index (χ1) is 9.90. The maximum Gasteiger partial charge on any atom is 0.297 e. The summed E-state index contributed by atoms with van der Waals surface area (Å²) in [7, 11) is 2.11. The van der Waals surface area contributed by atoms with Gasteiger partial charge in [0, 0.05) is 25.7 Å². The standard InChI is InChI=1S/C17H29N3O/c1-17(2,3)18-9-15-11-21-16(19-15)20(4)10-14-8-12-5-6-13(14)7-12/h11-14,18H,5-10H2,1-4H3. The van der Waals surface area contributed by atoms with Crippen molar-refractivity contribution >= 4 is 6.01 Å². The van der Waals surface area contributed by atoms with Gasteiger partial charge in [-0.2, -0.15) is 4.98 Å². The molecular weight excluding hydrogens is 262 g/mol. The van der Waals surface area contributed by atoms with Gasteiger partial charge in [0.2, 0.25) is 0 Å². The van der Waals surface area contributed by atoms with Crippen LogP contribution in [0, 0.1) is 17.8 Å². The maximum absolute atomic E-state index is 5.66. The molecule has 3 unspecified atom stereocenters. The second-order valence-corrected chi connectivity index (χ2v) is 8.04. The molecule has 0 amide bonds. The largest absolute Gasteiger partial charge is 0.432 e. The van der Waals surface area contributed by atoms with Crippen LogP contribution in [-0.2, 0) is 6.54 Å². The van der Waals surface area contributed by atoms with Gasteiger partial charge >= 0.3 is 0 Å². The summed E-state index contributed by atoms with van der Waals surface area (Å²) in [5.41, 5.74) is 1.09. The number of oxazole rings is 1. The van der Waals surface area contributed by atoms with E-state index in [0.29, 0.717) is 0 Å². The van der Waals surface area contributed by atoms with E-state index in [4.69, 9.17) is 4.42 Å². The molecule has 0 radical (unpaired) electrons. The summed E-state index contributed by atoms with van der Waals surface area (Å²) in [6.07, 6.45) is 7.56. The number of anilines is 1. The molecule has 118 valence electrons. The van der Waals surface area contributed by atoms with E-state index in [2.05, 4.69) is 43.0 Å². The molecule has 2 aliphatic rings. The van der Waals surface area contributed by atoms with Gasteiger partial charge in [-0.25, -0.2) is 0 Å². The Morgan fingerprint density at radius 3 is 2.76 bits per heavy atom. The van der Waals surface area contributed by atoms with Crippen molar-refractivity contribution in [1.29, 1.82) is 0 Å². The van der Waals surface area contributed by atoms with Crippen molar-refractivity contribution in [2.24, 2.45) is 17.8 Å². The number of aromatic nitrogens is 1. The van der Waals surface area contributed by atoms with Gasteiger partial charge in [-0.15, -0.1) is 0 Å². The minimum Gasteiger partial charge on any atom is -0.432 e. The molecule has 3 atom stereocenters. The zero-order valence-electron chi connectivity index (χ0n) is 13.9. The molecule has 3 rings (SSSR count). The number of hydrogen-bond acceptors (Lipinski definition) is 4. The van der Waals surface area contributed by atoms with Crippen LogP contribution in [0.4, 0.5) is 6.01 Å². The lowest BCUT2D eigenvalue weighted by Crippen LogP contribution is -2.35. The predicted molar refractivity (Wildman–Crippen MR) is 85.3 cm³/mol. The van der Waals surface area contributed by atoms with Crippen molar-refractivity contribution in [1.82, 2.24) is 10.3 Å². The van der Waals surface area contributed by atoms with Crippen LogP contribution in [-0.4, -0.2) is 24.1 Å². The fraction of sp³-hybridized carbons (Fsp3) is 0.824. The Morgan fingerprint density at radius 2 is 2.14 bits per heavy atom. The topological polar surface area (TPSA) is 41.3 Å². The predicted octanol–water partition coefficient (Wildman–Crippen LogP) is 3.44. The number of nitrogens with one attached hydrogen (secondary N) is 1. The smallest absolute Gasteiger partial charge is 0.297 e. The van der Waals surface area contributed by atoms with Gasteiger partial charge in [0.05, 0.1) is 5.69 Å². The molecule has 4 nitrogen and oxygen atoms in total. The minimum absolute atomic E-state index is 0.105. The number of hydrogen-bond donors (Lipinski definition) is 1. The third-order valence-corrected chi connectivity index (χ3v) is 5.06. The molecule has 0 saturated heterocycles. The molecule has 0 spiro atoms. The van der Waals surface area contributed by atoms with Gasteiger partial charge in [-0.1, -0.05) is 6.42 Å². The third kappa shape index (κ3) is 3.60. The Balaban J connectivity index is 1.53. The fourth-order valence-electron chi connectivity index (χ4n) is 3.94. The number of rotatable bonds is 5. The minimum atomic E-state index is 0.105. The molecule has 1 N–H and O–H groups in total. The summed E-state index contributed by atoms with van der Waals surface area (Å²) in [4.78, 5) is 6.81. The molecule has 21 heavy (non-hydrogen) atoms. The maximum atomic E-state index is 5.66. The van der Waals surface area contributed by atoms with E-state index in [1.807, 2.05) is 0 Å². The van der Waals surface area contributed by atoms with E-state index in [9.17, 15) is 0 Å². The Bertz CT molecular complexity index is 477. The normalized spacial score (nSPS) is 28.3. The molecule has 2 aliphatic carbocycles. The molecule has 2 bridgehead atoms. The highest BCUT2D eigenvalue weighted by Crippen LogP contribution is 2.48. The van der Waals surface area contributed by atoms with Crippen molar-refractivity contribution in [3.8, 4) is 0 Å². The molecule has 4 heteroatoms. The highest BCUT2D eigenvalue weighted by atomic mass is 16.4. The monoisotopic (exact) mass is 291 g/mol. The highest BCUT2D eigenvalue weighted by Gasteiger charge is 2.39. The van der Waals surface area contributed by atoms with Crippen LogP contribution in [0.3, 0.4) is 0 Å². The van der Waals surface area contributed by atoms with Crippen molar-refractivity contribution in [2.45, 2.75) is 58.5 Å². The molecule has 1 aromatic rings. The summed E-state index contributed by atoms with van der Waals surface area (Å²) < 4.78 is 5.66. The Kier molecular flexibility index (Phi) is 4.00. The lowest BCUT2D eigenvalue weighted by atomic mass is 9.88. The average Bonchev–Trinajstić information content (AvgIpc) is 3.11. The van der Waals surface area contributed by atoms with Crippen molar-refractivity contribution in [3.05, 3.63) is 12.0 Å². The van der Waals surface area contributed by atoms with E-state index >= 15 is 0 Å². The van der Waals surface area contributed by atoms with Crippen LogP contribution < -0.4 is 10.2 Å². The van der Waals surface area contributed by atoms with Crippen LogP contribution >= 0.6 is 0 Å². The van der Waals surface area contributed by atoms with Crippen LogP contribution in [0.5, 0.6) is 0 Å². The van der Waals surface area contributed by atoms with Gasteiger partial charge in [-0.05, 0) is 57.8 Å². The average molecular weight is 291 g/mol. The Labute approximate surface area is 128 Å². The van der Waals surface area contributed by atoms with E-state index < -0.39 is 0 Å². The molecule has 0 aliphatic heterocycles. The van der Waals surface area contributed by atoms with Crippen LogP contribution in [0.2, 0.25) is 0 Å². The van der Waals surface area contributed by atoms with Gasteiger partial charge in [0.15, 0.2) is 0 Å². The summed E-state index contributed by atoms with van der Waals surface area (Å²) in [6.45, 7) is 8.34. The lowest BCUT2D eigenvalue weighted by Gasteiger charge is -2.26. The summed E-state index contributed by atoms with van der Waals surface area (Å²) in [6, 6.07) is 0.767.